The van der Waals surface area contributed by atoms with E-state index in [9.17, 15) is 52.0 Å². The van der Waals surface area contributed by atoms with Crippen LogP contribution in [0.25, 0.3) is 11.8 Å². The lowest BCUT2D eigenvalue weighted by atomic mass is 10.2. The number of benzene rings is 1. The summed E-state index contributed by atoms with van der Waals surface area (Å²) in [5.41, 5.74) is 0.00584. The van der Waals surface area contributed by atoms with Crippen molar-refractivity contribution in [1.29, 1.82) is 0 Å². The van der Waals surface area contributed by atoms with Crippen molar-refractivity contribution >= 4 is 86.0 Å². The molecule has 2 aliphatic heterocycles. The summed E-state index contributed by atoms with van der Waals surface area (Å²) in [6.07, 6.45) is 2.05. The molecule has 3 aromatic rings. The summed E-state index contributed by atoms with van der Waals surface area (Å²) < 4.78 is 37.7. The second-order valence-corrected chi connectivity index (χ2v) is 14.8. The van der Waals surface area contributed by atoms with Gasteiger partial charge < -0.3 is 19.8 Å². The third-order valence-corrected chi connectivity index (χ3v) is 11.2. The van der Waals surface area contributed by atoms with Crippen LogP contribution in [0.3, 0.4) is 0 Å². The van der Waals surface area contributed by atoms with Crippen LogP contribution in [0.4, 0.5) is 10.5 Å². The molecule has 1 fully saturated rings. The van der Waals surface area contributed by atoms with Crippen molar-refractivity contribution in [1.82, 2.24) is 14.0 Å². The number of aryl methyl sites for hydroxylation is 1. The Labute approximate surface area is 275 Å². The van der Waals surface area contributed by atoms with Crippen molar-refractivity contribution in [2.24, 2.45) is 0 Å². The number of anilines is 1. The smallest absolute Gasteiger partial charge is 0.422 e. The van der Waals surface area contributed by atoms with Crippen LogP contribution in [0.5, 0.6) is 0 Å². The fourth-order valence-corrected chi connectivity index (χ4v) is 8.52. The van der Waals surface area contributed by atoms with E-state index in [-0.39, 0.29) is 31.4 Å². The number of thioether (sulfide) groups is 1. The topological polar surface area (TPSA) is 223 Å². The molecule has 0 aliphatic carbocycles. The van der Waals surface area contributed by atoms with Gasteiger partial charge in [-0.3, -0.25) is 37.7 Å². The first-order valence-corrected chi connectivity index (χ1v) is 17.5. The van der Waals surface area contributed by atoms with Crippen LogP contribution in [0.1, 0.15) is 12.0 Å². The summed E-state index contributed by atoms with van der Waals surface area (Å²) in [4.78, 5) is 78.3. The van der Waals surface area contributed by atoms with Gasteiger partial charge in [0.2, 0.25) is 5.76 Å². The zero-order valence-electron chi connectivity index (χ0n) is 24.4. The molecule has 0 atom stereocenters. The molecule has 5 rings (SSSR count). The van der Waals surface area contributed by atoms with Crippen LogP contribution >= 0.6 is 34.4 Å². The Balaban J connectivity index is 1.73. The molecule has 1 saturated heterocycles. The van der Waals surface area contributed by atoms with Crippen molar-refractivity contribution < 1.29 is 47.1 Å². The molecule has 1 aromatic carbocycles. The Morgan fingerprint density at radius 2 is 1.62 bits per heavy atom. The van der Waals surface area contributed by atoms with Crippen molar-refractivity contribution in [3.05, 3.63) is 74.0 Å². The molecular formula is C27H24N4O12S4. The van der Waals surface area contributed by atoms with Gasteiger partial charge in [0.25, 0.3) is 21.2 Å². The monoisotopic (exact) mass is 724 g/mol. The number of amides is 2. The number of hydrogen-bond donors (Lipinski definition) is 3. The summed E-state index contributed by atoms with van der Waals surface area (Å²) >= 11 is 2.67. The number of cyclic esters (lactones) is 1. The lowest BCUT2D eigenvalue weighted by molar-refractivity contribution is -0.138. The molecule has 16 nitrogen and oxygen atoms in total. The van der Waals surface area contributed by atoms with Gasteiger partial charge in [-0.15, -0.1) is 22.7 Å². The largest absolute Gasteiger partial charge is 0.480 e. The second-order valence-electron chi connectivity index (χ2n) is 10.2. The predicted octanol–water partition coefficient (Wildman–Crippen LogP) is 0.127. The summed E-state index contributed by atoms with van der Waals surface area (Å²) in [6, 6.07) is 5.68. The lowest BCUT2D eigenvalue weighted by Gasteiger charge is -2.20. The summed E-state index contributed by atoms with van der Waals surface area (Å²) in [5, 5.41) is 19.6. The van der Waals surface area contributed by atoms with E-state index in [0.29, 0.717) is 25.8 Å². The number of nitrogens with zero attached hydrogens (tertiary/aromatic N) is 4. The normalized spacial score (nSPS) is 17.9. The maximum Gasteiger partial charge on any atom is 0.422 e. The Morgan fingerprint density at radius 3 is 2.21 bits per heavy atom. The third-order valence-electron chi connectivity index (χ3n) is 6.78. The number of aromatic nitrogens is 2. The SMILES string of the molecule is Cc1ccc2c(c1)N(CCCS(=O)(=O)O)C(=CC=c1s/c(=c3/s/c(=C4/OC(=O)N(C)C4=O)n(CC(=O)O)c3=O)n(CC(=O)O)c1=O)S2. The number of aliphatic carboxylic acids is 2. The maximum absolute atomic E-state index is 13.5. The van der Waals surface area contributed by atoms with E-state index in [1.807, 2.05) is 30.0 Å². The Bertz CT molecular complexity index is 2350. The molecule has 0 unspecified atom stereocenters. The second kappa shape index (κ2) is 13.0. The van der Waals surface area contributed by atoms with Gasteiger partial charge in [-0.25, -0.2) is 9.69 Å². The van der Waals surface area contributed by atoms with Gasteiger partial charge in [0.1, 0.15) is 26.9 Å². The molecule has 2 aliphatic rings. The van der Waals surface area contributed by atoms with Crippen molar-refractivity contribution in [3.8, 4) is 0 Å². The molecule has 2 aromatic heterocycles. The Morgan fingerprint density at radius 1 is 0.957 bits per heavy atom. The average molecular weight is 725 g/mol. The maximum atomic E-state index is 13.5. The molecular weight excluding hydrogens is 701 g/mol. The molecule has 248 valence electrons. The number of carboxylic acids is 2. The van der Waals surface area contributed by atoms with Gasteiger partial charge in [-0.05, 0) is 43.2 Å². The number of fused-ring (bicyclic) bond motifs is 1. The zero-order valence-corrected chi connectivity index (χ0v) is 27.6. The van der Waals surface area contributed by atoms with Crippen LogP contribution in [-0.2, 0) is 42.3 Å². The minimum atomic E-state index is -4.20. The minimum Gasteiger partial charge on any atom is -0.480 e. The molecule has 2 amide bonds. The number of imide groups is 1. The zero-order chi connectivity index (χ0) is 34.4. The number of hydrogen-bond acceptors (Lipinski definition) is 13. The average Bonchev–Trinajstić information content (AvgIpc) is 3.66. The summed E-state index contributed by atoms with van der Waals surface area (Å²) in [6.45, 7) is 0.319. The van der Waals surface area contributed by atoms with Crippen LogP contribution in [0.15, 0.2) is 43.8 Å². The molecule has 0 spiro atoms. The number of thiazole rings is 2. The van der Waals surface area contributed by atoms with E-state index in [2.05, 4.69) is 0 Å². The highest BCUT2D eigenvalue weighted by atomic mass is 32.2. The van der Waals surface area contributed by atoms with Gasteiger partial charge in [0.05, 0.1) is 21.0 Å². The molecule has 0 saturated carbocycles. The van der Waals surface area contributed by atoms with E-state index < -0.39 is 69.8 Å². The fourth-order valence-electron chi connectivity index (χ4n) is 4.66. The molecule has 47 heavy (non-hydrogen) atoms. The first kappa shape index (κ1) is 33.9. The van der Waals surface area contributed by atoms with Gasteiger partial charge in [0, 0.05) is 18.5 Å². The number of carbonyl (C=O) groups is 4. The molecule has 20 heteroatoms. The predicted molar refractivity (Wildman–Crippen MR) is 170 cm³/mol. The highest BCUT2D eigenvalue weighted by Gasteiger charge is 2.36. The van der Waals surface area contributed by atoms with Crippen molar-refractivity contribution in [2.45, 2.75) is 31.3 Å². The van der Waals surface area contributed by atoms with Crippen LogP contribution in [0, 0.1) is 16.1 Å². The fraction of sp³-hybridized carbons (Fsp3) is 0.259. The van der Waals surface area contributed by atoms with Gasteiger partial charge in [-0.2, -0.15) is 8.42 Å². The Kier molecular flexibility index (Phi) is 9.33. The molecule has 0 bridgehead atoms. The van der Waals surface area contributed by atoms with Crippen molar-refractivity contribution in [3.63, 3.8) is 0 Å². The number of carboxylic acid groups (broad SMARTS) is 2. The van der Waals surface area contributed by atoms with E-state index in [1.165, 1.54) is 17.8 Å². The van der Waals surface area contributed by atoms with E-state index in [4.69, 9.17) is 4.74 Å². The van der Waals surface area contributed by atoms with E-state index in [0.717, 1.165) is 39.1 Å². The summed E-state index contributed by atoms with van der Waals surface area (Å²) in [7, 11) is -3.07. The first-order valence-electron chi connectivity index (χ1n) is 13.4. The van der Waals surface area contributed by atoms with Crippen LogP contribution < -0.4 is 25.2 Å². The quantitative estimate of drug-likeness (QED) is 0.250. The third kappa shape index (κ3) is 6.95. The number of carbonyl (C=O) groups excluding carboxylic acids is 2. The molecule has 3 N–H and O–H groups in total. The Hall–Kier alpha value is -4.50. The standard InChI is InChI=1S/C27H24N4O12S4/c1-13-4-5-15-14(10-13)29(8-3-9-47(40,41)42)17(44-15)7-6-16-22(36)30(11-18(32)33)26(45-16)21-24(38)31(12-19(34)35)25(46-21)20-23(37)28(2)27(39)43-20/h4-7,10H,3,8-9,11-12H2,1-2H3,(H,32,33)(H,34,35)(H,40,41,42)/b16-6?,17-7?,25-20+,26-21+. The first-order chi connectivity index (χ1) is 22.1. The van der Waals surface area contributed by atoms with Gasteiger partial charge in [-0.1, -0.05) is 17.8 Å². The minimum absolute atomic E-state index is 0.00858. The van der Waals surface area contributed by atoms with Gasteiger partial charge in [0.15, 0.2) is 0 Å². The number of likely N-dealkylation sites (N-methyl/N-ethyl adjacent to an activating group) is 1. The summed E-state index contributed by atoms with van der Waals surface area (Å²) in [5.74, 6) is -4.85. The van der Waals surface area contributed by atoms with E-state index >= 15 is 0 Å². The van der Waals surface area contributed by atoms with Crippen LogP contribution in [0.2, 0.25) is 0 Å². The molecule has 4 heterocycles. The number of allylic oxidation sites excluding steroid dienone is 1. The number of rotatable bonds is 9. The van der Waals surface area contributed by atoms with Gasteiger partial charge >= 0.3 is 23.9 Å². The van der Waals surface area contributed by atoms with Crippen molar-refractivity contribution in [2.75, 3.05) is 24.2 Å². The number of ether oxygens (including phenoxy) is 1. The molecule has 0 radical (unpaired) electrons. The highest BCUT2D eigenvalue weighted by molar-refractivity contribution is 8.03. The van der Waals surface area contributed by atoms with E-state index in [1.54, 1.807) is 6.08 Å². The highest BCUT2D eigenvalue weighted by Crippen LogP contribution is 2.46. The van der Waals surface area contributed by atoms with Crippen LogP contribution in [-0.4, -0.2) is 80.5 Å². The lowest BCUT2D eigenvalue weighted by Crippen LogP contribution is -2.32.